The van der Waals surface area contributed by atoms with Crippen LogP contribution in [-0.2, 0) is 18.1 Å². The minimum atomic E-state index is -4.44. The van der Waals surface area contributed by atoms with Gasteiger partial charge in [-0.2, -0.15) is 0 Å². The fourth-order valence-corrected chi connectivity index (χ4v) is 1.40. The van der Waals surface area contributed by atoms with Gasteiger partial charge in [-0.3, -0.25) is 0 Å². The van der Waals surface area contributed by atoms with Crippen molar-refractivity contribution in [1.29, 1.82) is 0 Å². The predicted molar refractivity (Wildman–Crippen MR) is 51.4 cm³/mol. The molecule has 6 nitrogen and oxygen atoms in total. The van der Waals surface area contributed by atoms with Crippen LogP contribution in [0.25, 0.3) is 0 Å². The van der Waals surface area contributed by atoms with Crippen molar-refractivity contribution >= 4 is 25.8 Å². The third-order valence-corrected chi connectivity index (χ3v) is 2.43. The standard InChI is InChI=1S/C6H11O6PS/c1-5(2)6(7)11-3-4-14-12-13(8,9)10/h1,3-4H2,2H3,(H2,8,9,10). The number of ether oxygens (including phenoxy) is 1. The zero-order valence-electron chi connectivity index (χ0n) is 7.50. The summed E-state index contributed by atoms with van der Waals surface area (Å²) >= 11 is 0.544. The van der Waals surface area contributed by atoms with Crippen LogP contribution >= 0.6 is 19.9 Å². The Bertz CT molecular complexity index is 259. The molecule has 0 fully saturated rings. The maximum Gasteiger partial charge on any atom is 0.480 e. The largest absolute Gasteiger partial charge is 0.480 e. The molecule has 0 aromatic heterocycles. The molecular weight excluding hydrogens is 231 g/mol. The summed E-state index contributed by atoms with van der Waals surface area (Å²) in [6.07, 6.45) is 0. The van der Waals surface area contributed by atoms with Crippen LogP contribution in [0.3, 0.4) is 0 Å². The van der Waals surface area contributed by atoms with E-state index >= 15 is 0 Å². The molecule has 0 heterocycles. The molecule has 0 aromatic carbocycles. The van der Waals surface area contributed by atoms with Gasteiger partial charge in [0.25, 0.3) is 0 Å². The highest BCUT2D eigenvalue weighted by atomic mass is 32.2. The molecule has 0 aliphatic heterocycles. The van der Waals surface area contributed by atoms with E-state index in [-0.39, 0.29) is 17.9 Å². The SMILES string of the molecule is C=C(C)C(=O)OCCSOP(=O)(O)O. The van der Waals surface area contributed by atoms with Gasteiger partial charge in [0.15, 0.2) is 0 Å². The molecule has 2 N–H and O–H groups in total. The minimum absolute atomic E-state index is 0.0103. The van der Waals surface area contributed by atoms with Crippen LogP contribution in [0.1, 0.15) is 6.92 Å². The van der Waals surface area contributed by atoms with Gasteiger partial charge in [0.1, 0.15) is 6.61 Å². The number of esters is 1. The number of hydrogen-bond acceptors (Lipinski definition) is 5. The summed E-state index contributed by atoms with van der Waals surface area (Å²) in [5.41, 5.74) is 0.269. The first-order chi connectivity index (χ1) is 6.33. The number of rotatable bonds is 6. The molecule has 0 unspecified atom stereocenters. The third kappa shape index (κ3) is 8.28. The summed E-state index contributed by atoms with van der Waals surface area (Å²) in [4.78, 5) is 27.3. The highest BCUT2D eigenvalue weighted by molar-refractivity contribution is 7.97. The smallest absolute Gasteiger partial charge is 0.461 e. The Morgan fingerprint density at radius 3 is 2.57 bits per heavy atom. The zero-order chi connectivity index (χ0) is 11.2. The van der Waals surface area contributed by atoms with Gasteiger partial charge in [0.05, 0.1) is 5.75 Å². The Kier molecular flexibility index (Phi) is 6.06. The van der Waals surface area contributed by atoms with Gasteiger partial charge in [0, 0.05) is 17.6 Å². The molecule has 14 heavy (non-hydrogen) atoms. The molecule has 8 heteroatoms. The molecule has 0 radical (unpaired) electrons. The van der Waals surface area contributed by atoms with Crippen LogP contribution in [0, 0.1) is 0 Å². The normalized spacial score (nSPS) is 11.1. The van der Waals surface area contributed by atoms with E-state index in [1.807, 2.05) is 0 Å². The molecule has 0 saturated heterocycles. The van der Waals surface area contributed by atoms with Crippen LogP contribution in [0.2, 0.25) is 0 Å². The summed E-state index contributed by atoms with van der Waals surface area (Å²) in [5, 5.41) is 0. The van der Waals surface area contributed by atoms with Gasteiger partial charge in [-0.05, 0) is 6.92 Å². The molecule has 0 aliphatic carbocycles. The van der Waals surface area contributed by atoms with Crippen LogP contribution < -0.4 is 0 Å². The molecule has 0 aliphatic rings. The van der Waals surface area contributed by atoms with E-state index in [2.05, 4.69) is 15.3 Å². The minimum Gasteiger partial charge on any atom is -0.461 e. The first-order valence-corrected chi connectivity index (χ1v) is 5.96. The predicted octanol–water partition coefficient (Wildman–Crippen LogP) is 0.863. The summed E-state index contributed by atoms with van der Waals surface area (Å²) in [5.74, 6) is -0.397. The van der Waals surface area contributed by atoms with Crippen molar-refractivity contribution in [2.45, 2.75) is 6.92 Å². The highest BCUT2D eigenvalue weighted by Gasteiger charge is 2.14. The number of carbonyl (C=O) groups is 1. The molecule has 0 aromatic rings. The Morgan fingerprint density at radius 1 is 1.57 bits per heavy atom. The molecule has 0 atom stereocenters. The van der Waals surface area contributed by atoms with Gasteiger partial charge in [-0.25, -0.2) is 13.3 Å². The van der Waals surface area contributed by atoms with Crippen LogP contribution in [0.15, 0.2) is 12.2 Å². The van der Waals surface area contributed by atoms with E-state index in [1.165, 1.54) is 6.92 Å². The van der Waals surface area contributed by atoms with Crippen molar-refractivity contribution in [3.8, 4) is 0 Å². The Labute approximate surface area is 85.7 Å². The fraction of sp³-hybridized carbons (Fsp3) is 0.500. The third-order valence-electron chi connectivity index (χ3n) is 0.898. The summed E-state index contributed by atoms with van der Waals surface area (Å²) < 4.78 is 18.8. The van der Waals surface area contributed by atoms with Gasteiger partial charge >= 0.3 is 13.8 Å². The van der Waals surface area contributed by atoms with E-state index in [1.54, 1.807) is 0 Å². The lowest BCUT2D eigenvalue weighted by atomic mass is 10.4. The van der Waals surface area contributed by atoms with Crippen molar-refractivity contribution in [3.63, 3.8) is 0 Å². The van der Waals surface area contributed by atoms with E-state index in [9.17, 15) is 9.36 Å². The Balaban J connectivity index is 3.44. The van der Waals surface area contributed by atoms with Crippen LogP contribution in [0.5, 0.6) is 0 Å². The highest BCUT2D eigenvalue weighted by Crippen LogP contribution is 2.40. The molecule has 0 rings (SSSR count). The van der Waals surface area contributed by atoms with Crippen molar-refractivity contribution in [1.82, 2.24) is 0 Å². The quantitative estimate of drug-likeness (QED) is 0.234. The second kappa shape index (κ2) is 6.21. The topological polar surface area (TPSA) is 93.1 Å². The van der Waals surface area contributed by atoms with E-state index < -0.39 is 13.8 Å². The maximum atomic E-state index is 10.8. The molecule has 0 amide bonds. The first-order valence-electron chi connectivity index (χ1n) is 3.52. The van der Waals surface area contributed by atoms with Gasteiger partial charge in [0.2, 0.25) is 0 Å². The summed E-state index contributed by atoms with van der Waals surface area (Å²) in [6.45, 7) is 4.87. The number of carbonyl (C=O) groups excluding carboxylic acids is 1. The second-order valence-electron chi connectivity index (χ2n) is 2.30. The average molecular weight is 242 g/mol. The Morgan fingerprint density at radius 2 is 2.14 bits per heavy atom. The van der Waals surface area contributed by atoms with Crippen molar-refractivity contribution in [2.75, 3.05) is 12.4 Å². The summed E-state index contributed by atoms with van der Waals surface area (Å²) in [7, 11) is -4.44. The summed E-state index contributed by atoms with van der Waals surface area (Å²) in [6, 6.07) is 0. The molecule has 0 bridgehead atoms. The maximum absolute atomic E-state index is 10.8. The van der Waals surface area contributed by atoms with E-state index in [4.69, 9.17) is 9.79 Å². The first kappa shape index (κ1) is 13.7. The zero-order valence-corrected chi connectivity index (χ0v) is 9.22. The number of hydrogen-bond donors (Lipinski definition) is 2. The second-order valence-corrected chi connectivity index (χ2v) is 4.52. The number of phosphoric acid groups is 1. The van der Waals surface area contributed by atoms with Gasteiger partial charge in [-0.1, -0.05) is 6.58 Å². The van der Waals surface area contributed by atoms with Gasteiger partial charge < -0.3 is 14.5 Å². The van der Waals surface area contributed by atoms with Gasteiger partial charge in [-0.15, -0.1) is 0 Å². The lowest BCUT2D eigenvalue weighted by Gasteiger charge is -2.04. The molecule has 0 saturated carbocycles. The lowest BCUT2D eigenvalue weighted by molar-refractivity contribution is -0.138. The van der Waals surface area contributed by atoms with E-state index in [0.717, 1.165) is 0 Å². The van der Waals surface area contributed by atoms with Crippen molar-refractivity contribution < 1.29 is 27.9 Å². The fourth-order valence-electron chi connectivity index (χ4n) is 0.398. The van der Waals surface area contributed by atoms with E-state index in [0.29, 0.717) is 12.0 Å². The van der Waals surface area contributed by atoms with Crippen LogP contribution in [-0.4, -0.2) is 28.1 Å². The molecule has 0 spiro atoms. The lowest BCUT2D eigenvalue weighted by Crippen LogP contribution is -2.07. The van der Waals surface area contributed by atoms with Crippen molar-refractivity contribution in [3.05, 3.63) is 12.2 Å². The Hall–Kier alpha value is -0.330. The molecular formula is C6H11O6PS. The molecule has 82 valence electrons. The van der Waals surface area contributed by atoms with Crippen molar-refractivity contribution in [2.24, 2.45) is 0 Å². The van der Waals surface area contributed by atoms with Crippen LogP contribution in [0.4, 0.5) is 0 Å². The monoisotopic (exact) mass is 242 g/mol. The average Bonchev–Trinajstić information content (AvgIpc) is 2.01.